The number of anilines is 3. The molecule has 0 radical (unpaired) electrons. The molecule has 4 heterocycles. The largest absolute Gasteiger partial charge is 0.488 e. The summed E-state index contributed by atoms with van der Waals surface area (Å²) in [6, 6.07) is 17.4. The first-order chi connectivity index (χ1) is 30.0. The number of nitrogens with one attached hydrogen (secondary N) is 2. The second-order valence-corrected chi connectivity index (χ2v) is 15.7. The fourth-order valence-corrected chi connectivity index (χ4v) is 8.42. The van der Waals surface area contributed by atoms with Gasteiger partial charge in [-0.1, -0.05) is 24.3 Å². The average molecular weight is 884 g/mol. The van der Waals surface area contributed by atoms with Gasteiger partial charge in [0.15, 0.2) is 22.5 Å². The van der Waals surface area contributed by atoms with Crippen LogP contribution < -0.4 is 25.4 Å². The van der Waals surface area contributed by atoms with Crippen molar-refractivity contribution in [3.05, 3.63) is 135 Å². The van der Waals surface area contributed by atoms with E-state index in [9.17, 15) is 37.2 Å². The van der Waals surface area contributed by atoms with Gasteiger partial charge in [-0.3, -0.25) is 24.0 Å². The molecule has 2 aliphatic heterocycles. The van der Waals surface area contributed by atoms with Gasteiger partial charge >= 0.3 is 6.18 Å². The monoisotopic (exact) mass is 883 g/mol. The molecular weight excluding hydrogens is 850 g/mol. The Morgan fingerprint density at radius 1 is 1.00 bits per heavy atom. The molecule has 0 unspecified atom stereocenters. The smallest absolute Gasteiger partial charge is 0.417 e. The lowest BCUT2D eigenvalue weighted by molar-refractivity contribution is -0.137. The molecule has 20 heteroatoms. The number of carbonyl (C=O) groups excluding carboxylic acids is 2. The van der Waals surface area contributed by atoms with Crippen molar-refractivity contribution in [3.8, 4) is 11.8 Å². The minimum absolute atomic E-state index is 0.0431. The SMILES string of the molecule is Cn1ncnc1[C@H]1c2n[nH]c(=O)c3cc(F)cc(c23)N[C@@H]1c1ccc(CC(=O)COCCOc2ccc(N3C(=S)N(c4ccc(C#N)c(C(F)(F)F)c4)C(=O)C3(C)C)cc2F)cc1. The van der Waals surface area contributed by atoms with Gasteiger partial charge in [0.2, 0.25) is 0 Å². The zero-order valence-corrected chi connectivity index (χ0v) is 34.3. The summed E-state index contributed by atoms with van der Waals surface area (Å²) in [4.78, 5) is 45.7. The van der Waals surface area contributed by atoms with Crippen molar-refractivity contribution in [1.82, 2.24) is 25.0 Å². The summed E-state index contributed by atoms with van der Waals surface area (Å²) in [5.41, 5.74) is -1.50. The maximum atomic E-state index is 15.4. The van der Waals surface area contributed by atoms with Crippen molar-refractivity contribution in [3.63, 3.8) is 0 Å². The summed E-state index contributed by atoms with van der Waals surface area (Å²) in [6.07, 6.45) is -3.42. The molecule has 322 valence electrons. The number of Topliss-reactive ketones (excluding diaryl/α,β-unsaturated/α-hetero) is 1. The summed E-state index contributed by atoms with van der Waals surface area (Å²) in [5, 5.41) is 24.1. The zero-order chi connectivity index (χ0) is 45.0. The summed E-state index contributed by atoms with van der Waals surface area (Å²) in [5.74, 6) is -2.45. The van der Waals surface area contributed by atoms with Crippen LogP contribution in [0.4, 0.5) is 39.0 Å². The van der Waals surface area contributed by atoms with Crippen LogP contribution in [0.2, 0.25) is 0 Å². The van der Waals surface area contributed by atoms with Gasteiger partial charge in [0.05, 0.1) is 52.5 Å². The molecule has 1 fully saturated rings. The number of halogens is 5. The molecule has 0 aliphatic carbocycles. The Hall–Kier alpha value is -7.11. The molecule has 4 aromatic carbocycles. The van der Waals surface area contributed by atoms with Crippen LogP contribution in [0.15, 0.2) is 83.9 Å². The fourth-order valence-electron chi connectivity index (χ4n) is 7.89. The molecule has 2 aliphatic rings. The van der Waals surface area contributed by atoms with Crippen LogP contribution in [-0.2, 0) is 34.0 Å². The molecule has 1 amide bonds. The minimum Gasteiger partial charge on any atom is -0.488 e. The molecule has 0 spiro atoms. The highest BCUT2D eigenvalue weighted by molar-refractivity contribution is 7.81. The Morgan fingerprint density at radius 2 is 1.75 bits per heavy atom. The molecule has 2 N–H and O–H groups in total. The number of nitriles is 1. The number of ketones is 1. The number of carbonyl (C=O) groups is 2. The van der Waals surface area contributed by atoms with Crippen molar-refractivity contribution >= 4 is 56.9 Å². The molecule has 2 atom stereocenters. The van der Waals surface area contributed by atoms with Crippen LogP contribution in [-0.4, -0.2) is 67.1 Å². The van der Waals surface area contributed by atoms with Crippen molar-refractivity contribution < 1.29 is 41.0 Å². The highest BCUT2D eigenvalue weighted by Gasteiger charge is 2.51. The number of aryl methyl sites for hydroxylation is 1. The van der Waals surface area contributed by atoms with Crippen molar-refractivity contribution in [2.75, 3.05) is 34.9 Å². The first-order valence-corrected chi connectivity index (χ1v) is 19.6. The van der Waals surface area contributed by atoms with E-state index >= 15 is 4.39 Å². The second-order valence-electron chi connectivity index (χ2n) is 15.3. The molecular formula is C43H34F5N9O5S. The summed E-state index contributed by atoms with van der Waals surface area (Å²) in [7, 11) is 1.74. The van der Waals surface area contributed by atoms with Crippen LogP contribution in [0.1, 0.15) is 59.6 Å². The third-order valence-electron chi connectivity index (χ3n) is 10.9. The number of H-pyrrole nitrogens is 1. The number of nitrogens with zero attached hydrogens (tertiary/aromatic N) is 7. The molecule has 63 heavy (non-hydrogen) atoms. The van der Waals surface area contributed by atoms with Crippen LogP contribution in [0.5, 0.6) is 5.75 Å². The van der Waals surface area contributed by atoms with Crippen LogP contribution in [0, 0.1) is 23.0 Å². The van der Waals surface area contributed by atoms with Crippen LogP contribution >= 0.6 is 12.2 Å². The predicted molar refractivity (Wildman–Crippen MR) is 222 cm³/mol. The number of hydrogen-bond donors (Lipinski definition) is 2. The van der Waals surface area contributed by atoms with Gasteiger partial charge < -0.3 is 19.7 Å². The van der Waals surface area contributed by atoms with E-state index in [2.05, 4.69) is 25.6 Å². The summed E-state index contributed by atoms with van der Waals surface area (Å²) in [6.45, 7) is 2.55. The van der Waals surface area contributed by atoms with E-state index in [0.717, 1.165) is 22.6 Å². The molecule has 8 rings (SSSR count). The lowest BCUT2D eigenvalue weighted by Crippen LogP contribution is -2.44. The van der Waals surface area contributed by atoms with Gasteiger partial charge in [-0.05, 0) is 79.7 Å². The van der Waals surface area contributed by atoms with E-state index < -0.39 is 57.9 Å². The third-order valence-corrected chi connectivity index (χ3v) is 11.2. The second kappa shape index (κ2) is 16.3. The Kier molecular flexibility index (Phi) is 11.0. The Bertz CT molecular complexity index is 2930. The molecule has 2 aromatic heterocycles. The first kappa shape index (κ1) is 42.6. The quantitative estimate of drug-likeness (QED) is 0.0764. The van der Waals surface area contributed by atoms with Gasteiger partial charge in [0.25, 0.3) is 11.5 Å². The number of benzene rings is 4. The fraction of sp³-hybridized carbons (Fsp3) is 0.256. The highest BCUT2D eigenvalue weighted by Crippen LogP contribution is 2.46. The lowest BCUT2D eigenvalue weighted by Gasteiger charge is -2.33. The first-order valence-electron chi connectivity index (χ1n) is 19.2. The molecule has 6 aromatic rings. The number of alkyl halides is 3. The van der Waals surface area contributed by atoms with E-state index in [-0.39, 0.29) is 59.6 Å². The molecule has 1 saturated heterocycles. The van der Waals surface area contributed by atoms with Gasteiger partial charge in [-0.25, -0.2) is 18.9 Å². The van der Waals surface area contributed by atoms with E-state index in [0.29, 0.717) is 34.2 Å². The number of thiocarbonyl (C=S) groups is 1. The number of ether oxygens (including phenoxy) is 2. The van der Waals surface area contributed by atoms with Gasteiger partial charge in [0, 0.05) is 36.3 Å². The number of rotatable bonds is 12. The van der Waals surface area contributed by atoms with E-state index in [1.54, 1.807) is 23.9 Å². The Balaban J connectivity index is 0.869. The van der Waals surface area contributed by atoms with Crippen LogP contribution in [0.3, 0.4) is 0 Å². The number of aromatic amines is 1. The predicted octanol–water partition coefficient (Wildman–Crippen LogP) is 6.64. The van der Waals surface area contributed by atoms with E-state index in [4.69, 9.17) is 21.7 Å². The Labute approximate surface area is 359 Å². The van der Waals surface area contributed by atoms with Crippen molar-refractivity contribution in [2.45, 2.75) is 43.9 Å². The van der Waals surface area contributed by atoms with Crippen molar-refractivity contribution in [2.24, 2.45) is 7.05 Å². The average Bonchev–Trinajstić information content (AvgIpc) is 3.74. The maximum Gasteiger partial charge on any atom is 0.417 e. The van der Waals surface area contributed by atoms with Crippen LogP contribution in [0.25, 0.3) is 10.8 Å². The van der Waals surface area contributed by atoms with Crippen molar-refractivity contribution in [1.29, 1.82) is 5.26 Å². The minimum atomic E-state index is -4.87. The summed E-state index contributed by atoms with van der Waals surface area (Å²) < 4.78 is 83.8. The molecule has 14 nitrogen and oxygen atoms in total. The number of hydrogen-bond acceptors (Lipinski definition) is 11. The highest BCUT2D eigenvalue weighted by atomic mass is 32.1. The topological polar surface area (TPSA) is 171 Å². The van der Waals surface area contributed by atoms with Gasteiger partial charge in [-0.15, -0.1) is 0 Å². The molecule has 0 bridgehead atoms. The summed E-state index contributed by atoms with van der Waals surface area (Å²) >= 11 is 5.53. The Morgan fingerprint density at radius 3 is 2.43 bits per heavy atom. The zero-order valence-electron chi connectivity index (χ0n) is 33.5. The standard InChI is InChI=1S/C43H34F5N9O5S/c1-42(2)40(60)56(26-9-8-24(19-49)30(17-26)43(46,47)48)41(63)57(42)27-10-11-33(31(45)18-27)62-13-12-61-20-28(58)14-22-4-6-23(7-5-22)36-35(38-50-21-51-55(38)3)37-34-29(39(59)54-53-37)15-25(44)16-32(34)52-36/h4-11,15-18,21,35-36,52H,12-14,20H2,1-3H3,(H,54,59)/t35-,36-/m1/s1. The lowest BCUT2D eigenvalue weighted by atomic mass is 9.83. The third kappa shape index (κ3) is 7.85. The normalized spacial score (nSPS) is 16.9. The van der Waals surface area contributed by atoms with Gasteiger partial charge in [0.1, 0.15) is 36.7 Å². The maximum absolute atomic E-state index is 15.4. The number of amides is 1. The van der Waals surface area contributed by atoms with Gasteiger partial charge in [-0.2, -0.15) is 28.6 Å². The van der Waals surface area contributed by atoms with E-state index in [1.165, 1.54) is 61.5 Å². The number of aromatic nitrogens is 5. The molecule has 0 saturated carbocycles. The van der Waals surface area contributed by atoms with E-state index in [1.807, 2.05) is 12.1 Å².